The van der Waals surface area contributed by atoms with Crippen LogP contribution in [0.5, 0.6) is 17.4 Å². The Bertz CT molecular complexity index is 1300. The Morgan fingerprint density at radius 2 is 1.58 bits per heavy atom. The number of hydrogen-bond acceptors (Lipinski definition) is 6. The Labute approximate surface area is 192 Å². The molecule has 4 rings (SSSR count). The molecule has 0 aliphatic carbocycles. The molecule has 0 bridgehead atoms. The van der Waals surface area contributed by atoms with Crippen molar-refractivity contribution in [3.05, 3.63) is 82.9 Å². The lowest BCUT2D eigenvalue weighted by Crippen LogP contribution is -2.11. The molecule has 4 aromatic rings. The van der Waals surface area contributed by atoms with Crippen LogP contribution in [0.25, 0.3) is 5.82 Å². The Hall–Kier alpha value is -4.20. The fourth-order valence-corrected chi connectivity index (χ4v) is 3.30. The monoisotopic (exact) mass is 443 g/mol. The van der Waals surface area contributed by atoms with Gasteiger partial charge in [0.2, 0.25) is 5.88 Å². The van der Waals surface area contributed by atoms with Crippen LogP contribution in [0.15, 0.2) is 54.6 Å². The topological polar surface area (TPSA) is 91.2 Å². The van der Waals surface area contributed by atoms with Crippen molar-refractivity contribution in [2.45, 2.75) is 27.7 Å². The maximum atomic E-state index is 12.4. The molecule has 0 spiro atoms. The molecule has 2 heterocycles. The van der Waals surface area contributed by atoms with Gasteiger partial charge in [0.05, 0.1) is 12.8 Å². The highest BCUT2D eigenvalue weighted by atomic mass is 16.5. The number of hydrogen-bond donors (Lipinski definition) is 1. The van der Waals surface area contributed by atoms with E-state index in [4.69, 9.17) is 9.47 Å². The van der Waals surface area contributed by atoms with E-state index in [2.05, 4.69) is 20.4 Å². The summed E-state index contributed by atoms with van der Waals surface area (Å²) >= 11 is 0. The average molecular weight is 444 g/mol. The number of nitrogens with zero attached hydrogens (tertiary/aromatic N) is 4. The highest BCUT2D eigenvalue weighted by Gasteiger charge is 2.13. The summed E-state index contributed by atoms with van der Waals surface area (Å²) in [5.74, 6) is 2.72. The van der Waals surface area contributed by atoms with Crippen LogP contribution in [0.1, 0.15) is 33.1 Å². The van der Waals surface area contributed by atoms with E-state index in [9.17, 15) is 4.79 Å². The van der Waals surface area contributed by atoms with Gasteiger partial charge in [0, 0.05) is 23.0 Å². The smallest absolute Gasteiger partial charge is 0.255 e. The lowest BCUT2D eigenvalue weighted by Gasteiger charge is -2.10. The summed E-state index contributed by atoms with van der Waals surface area (Å²) in [6.07, 6.45) is 0. The number of amides is 1. The number of anilines is 1. The van der Waals surface area contributed by atoms with Crippen molar-refractivity contribution < 1.29 is 14.3 Å². The van der Waals surface area contributed by atoms with Gasteiger partial charge in [0.1, 0.15) is 17.3 Å². The van der Waals surface area contributed by atoms with Crippen LogP contribution in [0.3, 0.4) is 0 Å². The van der Waals surface area contributed by atoms with Gasteiger partial charge in [-0.3, -0.25) is 4.79 Å². The van der Waals surface area contributed by atoms with Gasteiger partial charge in [-0.15, -0.1) is 0 Å². The van der Waals surface area contributed by atoms with Crippen LogP contribution < -0.4 is 14.8 Å². The molecule has 0 atom stereocenters. The molecule has 0 aliphatic rings. The lowest BCUT2D eigenvalue weighted by atomic mass is 10.2. The van der Waals surface area contributed by atoms with Crippen LogP contribution in [-0.2, 0) is 0 Å². The van der Waals surface area contributed by atoms with E-state index < -0.39 is 0 Å². The zero-order valence-corrected chi connectivity index (χ0v) is 19.2. The Balaban J connectivity index is 1.48. The van der Waals surface area contributed by atoms with Gasteiger partial charge in [0.25, 0.3) is 5.91 Å². The third-order valence-corrected chi connectivity index (χ3v) is 5.36. The van der Waals surface area contributed by atoms with Crippen molar-refractivity contribution in [1.29, 1.82) is 0 Å². The second kappa shape index (κ2) is 9.12. The number of carbonyl (C=O) groups is 1. The fraction of sp³-hybridized carbons (Fsp3) is 0.200. The third-order valence-electron chi connectivity index (χ3n) is 5.36. The molecule has 0 aliphatic heterocycles. The first-order chi connectivity index (χ1) is 15.8. The second-order valence-corrected chi connectivity index (χ2v) is 7.63. The zero-order valence-electron chi connectivity index (χ0n) is 19.2. The maximum Gasteiger partial charge on any atom is 0.255 e. The molecule has 1 amide bonds. The molecule has 33 heavy (non-hydrogen) atoms. The van der Waals surface area contributed by atoms with Crippen LogP contribution in [0.4, 0.5) is 5.69 Å². The number of ether oxygens (including phenoxy) is 2. The number of methoxy groups -OCH3 is 1. The number of aromatic nitrogens is 4. The molecule has 0 saturated heterocycles. The molecular weight excluding hydrogens is 418 g/mol. The predicted octanol–water partition coefficient (Wildman–Crippen LogP) is 4.95. The summed E-state index contributed by atoms with van der Waals surface area (Å²) < 4.78 is 12.9. The number of benzene rings is 2. The summed E-state index contributed by atoms with van der Waals surface area (Å²) in [6, 6.07) is 15.8. The quantitative estimate of drug-likeness (QED) is 0.453. The predicted molar refractivity (Wildman–Crippen MR) is 126 cm³/mol. The fourth-order valence-electron chi connectivity index (χ4n) is 3.30. The van der Waals surface area contributed by atoms with Crippen LogP contribution in [0.2, 0.25) is 0 Å². The summed E-state index contributed by atoms with van der Waals surface area (Å²) in [5, 5.41) is 7.43. The van der Waals surface area contributed by atoms with Crippen molar-refractivity contribution >= 4 is 11.6 Å². The van der Waals surface area contributed by atoms with Crippen LogP contribution in [-0.4, -0.2) is 32.8 Å². The second-order valence-electron chi connectivity index (χ2n) is 7.63. The van der Waals surface area contributed by atoms with Crippen LogP contribution >= 0.6 is 0 Å². The van der Waals surface area contributed by atoms with Gasteiger partial charge in [0.15, 0.2) is 5.82 Å². The molecular formula is C25H25N5O3. The third kappa shape index (κ3) is 4.85. The zero-order chi connectivity index (χ0) is 23.5. The maximum absolute atomic E-state index is 12.4. The van der Waals surface area contributed by atoms with Crippen molar-refractivity contribution in [3.63, 3.8) is 0 Å². The summed E-state index contributed by atoms with van der Waals surface area (Å²) in [5.41, 5.74) is 4.30. The number of nitrogens with one attached hydrogen (secondary N) is 1. The molecule has 8 nitrogen and oxygen atoms in total. The molecule has 0 unspecified atom stereocenters. The van der Waals surface area contributed by atoms with E-state index >= 15 is 0 Å². The van der Waals surface area contributed by atoms with Gasteiger partial charge in [-0.2, -0.15) is 10.1 Å². The van der Waals surface area contributed by atoms with Crippen molar-refractivity contribution in [2.75, 3.05) is 12.4 Å². The van der Waals surface area contributed by atoms with E-state index in [1.54, 1.807) is 66.4 Å². The highest BCUT2D eigenvalue weighted by molar-refractivity contribution is 6.04. The van der Waals surface area contributed by atoms with Crippen molar-refractivity contribution in [2.24, 2.45) is 0 Å². The average Bonchev–Trinajstić information content (AvgIpc) is 3.07. The van der Waals surface area contributed by atoms with Gasteiger partial charge in [-0.1, -0.05) is 0 Å². The molecule has 0 radical (unpaired) electrons. The normalized spacial score (nSPS) is 10.7. The van der Waals surface area contributed by atoms with E-state index in [0.29, 0.717) is 40.3 Å². The Morgan fingerprint density at radius 3 is 2.18 bits per heavy atom. The first kappa shape index (κ1) is 22.0. The minimum Gasteiger partial charge on any atom is -0.497 e. The van der Waals surface area contributed by atoms with Gasteiger partial charge in [-0.25, -0.2) is 9.67 Å². The lowest BCUT2D eigenvalue weighted by molar-refractivity contribution is 0.102. The van der Waals surface area contributed by atoms with Gasteiger partial charge < -0.3 is 14.8 Å². The largest absolute Gasteiger partial charge is 0.497 e. The van der Waals surface area contributed by atoms with Crippen molar-refractivity contribution in [1.82, 2.24) is 19.7 Å². The first-order valence-electron chi connectivity index (χ1n) is 10.5. The van der Waals surface area contributed by atoms with Crippen LogP contribution in [0, 0.1) is 27.7 Å². The molecule has 0 fully saturated rings. The van der Waals surface area contributed by atoms with E-state index in [1.807, 2.05) is 27.7 Å². The molecule has 0 saturated carbocycles. The molecule has 2 aromatic heterocycles. The standard InChI is InChI=1S/C25H25N5O3/c1-15-16(2)29-30(17(15)3)23-14-24(27-18(4)26-23)33-22-12-8-20(9-13-22)28-25(31)19-6-10-21(32-5)11-7-19/h6-14H,1-5H3,(H,28,31). The number of rotatable bonds is 6. The summed E-state index contributed by atoms with van der Waals surface area (Å²) in [4.78, 5) is 21.3. The Morgan fingerprint density at radius 1 is 0.909 bits per heavy atom. The SMILES string of the molecule is COc1ccc(C(=O)Nc2ccc(Oc3cc(-n4nc(C)c(C)c4C)nc(C)n3)cc2)cc1. The van der Waals surface area contributed by atoms with E-state index in [-0.39, 0.29) is 5.91 Å². The molecule has 2 aromatic carbocycles. The van der Waals surface area contributed by atoms with E-state index in [1.165, 1.54) is 0 Å². The number of aryl methyl sites for hydroxylation is 2. The first-order valence-corrected chi connectivity index (χ1v) is 10.5. The summed E-state index contributed by atoms with van der Waals surface area (Å²) in [6.45, 7) is 7.83. The van der Waals surface area contributed by atoms with Crippen molar-refractivity contribution in [3.8, 4) is 23.2 Å². The molecule has 1 N–H and O–H groups in total. The van der Waals surface area contributed by atoms with Gasteiger partial charge in [-0.05, 0) is 81.8 Å². The minimum atomic E-state index is -0.206. The molecule has 8 heteroatoms. The Kier molecular flexibility index (Phi) is 6.08. The van der Waals surface area contributed by atoms with E-state index in [0.717, 1.165) is 17.0 Å². The minimum absolute atomic E-state index is 0.206. The summed E-state index contributed by atoms with van der Waals surface area (Å²) in [7, 11) is 1.59. The highest BCUT2D eigenvalue weighted by Crippen LogP contribution is 2.24. The number of carbonyl (C=O) groups excluding carboxylic acids is 1. The molecule has 168 valence electrons. The van der Waals surface area contributed by atoms with Gasteiger partial charge >= 0.3 is 0 Å².